The van der Waals surface area contributed by atoms with Crippen LogP contribution in [0.25, 0.3) is 11.0 Å². The topological polar surface area (TPSA) is 107 Å². The monoisotopic (exact) mass is 583 g/mol. The average molecular weight is 584 g/mol. The van der Waals surface area contributed by atoms with Gasteiger partial charge in [0.25, 0.3) is 0 Å². The molecular weight excluding hydrogens is 553 g/mol. The normalized spacial score (nSPS) is 17.5. The third kappa shape index (κ3) is 5.57. The van der Waals surface area contributed by atoms with Crippen LogP contribution in [0.5, 0.6) is 0 Å². The van der Waals surface area contributed by atoms with Crippen LogP contribution in [0.15, 0.2) is 41.8 Å². The van der Waals surface area contributed by atoms with Gasteiger partial charge in [0.1, 0.15) is 28.5 Å². The third-order valence-corrected chi connectivity index (χ3v) is 8.57. The highest BCUT2D eigenvalue weighted by Crippen LogP contribution is 2.28. The van der Waals surface area contributed by atoms with E-state index in [0.717, 1.165) is 61.4 Å². The summed E-state index contributed by atoms with van der Waals surface area (Å²) in [4.78, 5) is 20.9. The highest BCUT2D eigenvalue weighted by Gasteiger charge is 2.29. The van der Waals surface area contributed by atoms with Gasteiger partial charge in [-0.2, -0.15) is 0 Å². The zero-order valence-corrected chi connectivity index (χ0v) is 21.9. The highest BCUT2D eigenvalue weighted by molar-refractivity contribution is 14.1. The zero-order valence-electron chi connectivity index (χ0n) is 18.9. The summed E-state index contributed by atoms with van der Waals surface area (Å²) in [7, 11) is -1.56. The van der Waals surface area contributed by atoms with Crippen LogP contribution in [-0.4, -0.2) is 65.0 Å². The molecule has 0 aliphatic carbocycles. The molecule has 0 saturated carbocycles. The number of hydrogen-bond donors (Lipinski definition) is 2. The minimum atomic E-state index is -3.56. The summed E-state index contributed by atoms with van der Waals surface area (Å²) >= 11 is 2.31. The first kappa shape index (κ1) is 24.1. The first-order valence-corrected chi connectivity index (χ1v) is 14.0. The van der Waals surface area contributed by atoms with Crippen molar-refractivity contribution < 1.29 is 8.42 Å². The predicted molar refractivity (Wildman–Crippen MR) is 140 cm³/mol. The second kappa shape index (κ2) is 10.5. The minimum Gasteiger partial charge on any atom is -0.355 e. The summed E-state index contributed by atoms with van der Waals surface area (Å²) in [5, 5.41) is 1.02. The zero-order chi connectivity index (χ0) is 23.4. The van der Waals surface area contributed by atoms with Gasteiger partial charge in [-0.1, -0.05) is 42.4 Å². The molecular formula is C22H30IN7O2S. The Kier molecular flexibility index (Phi) is 7.69. The number of aromatic nitrogens is 4. The third-order valence-electron chi connectivity index (χ3n) is 6.10. The smallest absolute Gasteiger partial charge is 0.242 e. The molecule has 0 unspecified atom stereocenters. The van der Waals surface area contributed by atoms with Gasteiger partial charge in [0, 0.05) is 49.0 Å². The molecule has 178 valence electrons. The Morgan fingerprint density at radius 2 is 2.15 bits per heavy atom. The Labute approximate surface area is 208 Å². The molecule has 9 nitrogen and oxygen atoms in total. The number of nitrogens with one attached hydrogen (secondary N) is 2. The molecule has 33 heavy (non-hydrogen) atoms. The van der Waals surface area contributed by atoms with E-state index in [4.69, 9.17) is 0 Å². The van der Waals surface area contributed by atoms with Crippen molar-refractivity contribution in [2.24, 2.45) is 0 Å². The summed E-state index contributed by atoms with van der Waals surface area (Å²) in [5.74, 6) is 1.69. The molecule has 3 aromatic rings. The lowest BCUT2D eigenvalue weighted by Crippen LogP contribution is -2.35. The van der Waals surface area contributed by atoms with Gasteiger partial charge in [-0.25, -0.2) is 28.1 Å². The molecule has 2 N–H and O–H groups in total. The van der Waals surface area contributed by atoms with Crippen LogP contribution < -0.4 is 14.5 Å². The SMILES string of the molecule is CCCC[C@@H](I)CNS(=O)(=O)c1ccc(N(C)[C@@H]2CCN(c3ncnc4[nH]ccc34)C2)nc1. The number of halogens is 1. The molecule has 0 bridgehead atoms. The van der Waals surface area contributed by atoms with Crippen molar-refractivity contribution in [1.82, 2.24) is 24.7 Å². The number of rotatable bonds is 10. The van der Waals surface area contributed by atoms with Crippen LogP contribution in [0.4, 0.5) is 11.6 Å². The van der Waals surface area contributed by atoms with Crippen molar-refractivity contribution in [3.8, 4) is 0 Å². The van der Waals surface area contributed by atoms with E-state index >= 15 is 0 Å². The van der Waals surface area contributed by atoms with E-state index in [9.17, 15) is 8.42 Å². The number of likely N-dealkylation sites (N-methyl/N-ethyl adjacent to an activating group) is 1. The number of H-pyrrole nitrogens is 1. The molecule has 1 fully saturated rings. The van der Waals surface area contributed by atoms with E-state index in [2.05, 4.69) is 64.0 Å². The summed E-state index contributed by atoms with van der Waals surface area (Å²) < 4.78 is 28.3. The number of fused-ring (bicyclic) bond motifs is 1. The second-order valence-corrected chi connectivity index (χ2v) is 11.9. The average Bonchev–Trinajstić information content (AvgIpc) is 3.51. The molecule has 4 rings (SSSR count). The lowest BCUT2D eigenvalue weighted by Gasteiger charge is -2.26. The summed E-state index contributed by atoms with van der Waals surface area (Å²) in [6.45, 7) is 4.27. The van der Waals surface area contributed by atoms with Gasteiger partial charge < -0.3 is 14.8 Å². The standard InChI is InChI=1S/C22H30IN7O2S/c1-3-4-5-16(23)12-28-33(31,32)18-6-7-20(25-13-18)29(2)17-9-11-30(14-17)22-19-8-10-24-21(19)26-15-27-22/h6-8,10,13,15-17,28H,3-5,9,11-12,14H2,1-2H3,(H,24,26,27)/t16-,17-/m1/s1. The molecule has 4 heterocycles. The number of hydrogen-bond acceptors (Lipinski definition) is 7. The molecule has 1 aliphatic rings. The van der Waals surface area contributed by atoms with E-state index in [1.165, 1.54) is 6.20 Å². The number of sulfonamides is 1. The molecule has 0 radical (unpaired) electrons. The van der Waals surface area contributed by atoms with Crippen LogP contribution >= 0.6 is 22.6 Å². The summed E-state index contributed by atoms with van der Waals surface area (Å²) in [5.41, 5.74) is 0.836. The summed E-state index contributed by atoms with van der Waals surface area (Å²) in [6, 6.07) is 5.67. The van der Waals surface area contributed by atoms with Crippen LogP contribution in [-0.2, 0) is 10.0 Å². The van der Waals surface area contributed by atoms with Crippen molar-refractivity contribution >= 4 is 55.3 Å². The van der Waals surface area contributed by atoms with Crippen LogP contribution in [0.1, 0.15) is 32.6 Å². The highest BCUT2D eigenvalue weighted by atomic mass is 127. The van der Waals surface area contributed by atoms with Crippen LogP contribution in [0, 0.1) is 0 Å². The van der Waals surface area contributed by atoms with Gasteiger partial charge in [0.15, 0.2) is 0 Å². The van der Waals surface area contributed by atoms with E-state index in [1.807, 2.05) is 19.3 Å². The fourth-order valence-corrected chi connectivity index (χ4v) is 6.08. The number of alkyl halides is 1. The lowest BCUT2D eigenvalue weighted by atomic mass is 10.2. The van der Waals surface area contributed by atoms with Crippen molar-refractivity contribution in [3.63, 3.8) is 0 Å². The fourth-order valence-electron chi connectivity index (χ4n) is 4.10. The Morgan fingerprint density at radius 3 is 2.91 bits per heavy atom. The van der Waals surface area contributed by atoms with Crippen molar-refractivity contribution in [2.75, 3.05) is 36.5 Å². The predicted octanol–water partition coefficient (Wildman–Crippen LogP) is 3.34. The Balaban J connectivity index is 1.38. The molecule has 0 amide bonds. The van der Waals surface area contributed by atoms with Gasteiger partial charge in [0.2, 0.25) is 10.0 Å². The molecule has 3 aromatic heterocycles. The summed E-state index contributed by atoms with van der Waals surface area (Å²) in [6.07, 6.45) is 9.09. The first-order chi connectivity index (χ1) is 15.9. The fraction of sp³-hybridized carbons (Fsp3) is 0.500. The maximum Gasteiger partial charge on any atom is 0.242 e. The van der Waals surface area contributed by atoms with E-state index in [0.29, 0.717) is 6.54 Å². The first-order valence-electron chi connectivity index (χ1n) is 11.2. The molecule has 0 aromatic carbocycles. The van der Waals surface area contributed by atoms with Gasteiger partial charge in [-0.05, 0) is 31.0 Å². The number of nitrogens with zero attached hydrogens (tertiary/aromatic N) is 5. The van der Waals surface area contributed by atoms with Gasteiger partial charge in [-0.15, -0.1) is 0 Å². The van der Waals surface area contributed by atoms with Gasteiger partial charge in [0.05, 0.1) is 5.39 Å². The number of unbranched alkanes of at least 4 members (excludes halogenated alkanes) is 1. The van der Waals surface area contributed by atoms with E-state index in [-0.39, 0.29) is 14.9 Å². The molecule has 11 heteroatoms. The number of pyridine rings is 1. The van der Waals surface area contributed by atoms with Crippen LogP contribution in [0.2, 0.25) is 0 Å². The minimum absolute atomic E-state index is 0.197. The number of aromatic amines is 1. The molecule has 1 saturated heterocycles. The van der Waals surface area contributed by atoms with Gasteiger partial charge >= 0.3 is 0 Å². The second-order valence-electron chi connectivity index (χ2n) is 8.38. The molecule has 2 atom stereocenters. The van der Waals surface area contributed by atoms with Crippen molar-refractivity contribution in [3.05, 3.63) is 36.9 Å². The van der Waals surface area contributed by atoms with Crippen LogP contribution in [0.3, 0.4) is 0 Å². The molecule has 1 aliphatic heterocycles. The lowest BCUT2D eigenvalue weighted by molar-refractivity contribution is 0.577. The Morgan fingerprint density at radius 1 is 1.30 bits per heavy atom. The van der Waals surface area contributed by atoms with E-state index in [1.54, 1.807) is 18.5 Å². The Bertz CT molecular complexity index is 1170. The maximum atomic E-state index is 12.6. The van der Waals surface area contributed by atoms with Gasteiger partial charge in [-0.3, -0.25) is 0 Å². The van der Waals surface area contributed by atoms with E-state index < -0.39 is 10.0 Å². The quantitative estimate of drug-likeness (QED) is 0.279. The Hall–Kier alpha value is -1.99. The van der Waals surface area contributed by atoms with Crippen molar-refractivity contribution in [1.29, 1.82) is 0 Å². The largest absolute Gasteiger partial charge is 0.355 e. The molecule has 0 spiro atoms. The van der Waals surface area contributed by atoms with Crippen molar-refractivity contribution in [2.45, 2.75) is 47.5 Å². The maximum absolute atomic E-state index is 12.6. The number of anilines is 2.